The largest absolute Gasteiger partial charge is 0.310 e. The normalized spacial score (nSPS) is 13.0. The first-order valence-electron chi connectivity index (χ1n) is 6.93. The van der Waals surface area contributed by atoms with Gasteiger partial charge in [0.05, 0.1) is 4.47 Å². The van der Waals surface area contributed by atoms with E-state index < -0.39 is 11.6 Å². The molecule has 0 aromatic heterocycles. The molecule has 0 aliphatic rings. The van der Waals surface area contributed by atoms with Crippen LogP contribution in [0.4, 0.5) is 8.78 Å². The standard InChI is InChI=1S/C15H22BrF2N/c1-4-9-19-15(10(5-2)6-3)11-7-8-12(17)14(18)13(11)16/h7-8,10,15,19H,4-6,9H2,1-3H3. The Morgan fingerprint density at radius 2 is 1.79 bits per heavy atom. The molecular formula is C15H22BrF2N. The van der Waals surface area contributed by atoms with Crippen molar-refractivity contribution in [2.45, 2.75) is 46.1 Å². The van der Waals surface area contributed by atoms with E-state index in [1.165, 1.54) is 6.07 Å². The van der Waals surface area contributed by atoms with E-state index in [0.29, 0.717) is 5.92 Å². The van der Waals surface area contributed by atoms with Gasteiger partial charge in [0, 0.05) is 6.04 Å². The number of rotatable bonds is 7. The molecule has 4 heteroatoms. The highest BCUT2D eigenvalue weighted by Gasteiger charge is 2.24. The Kier molecular flexibility index (Phi) is 6.94. The van der Waals surface area contributed by atoms with Gasteiger partial charge in [-0.2, -0.15) is 0 Å². The number of hydrogen-bond acceptors (Lipinski definition) is 1. The Bertz CT molecular complexity index is 405. The minimum Gasteiger partial charge on any atom is -0.310 e. The smallest absolute Gasteiger partial charge is 0.173 e. The van der Waals surface area contributed by atoms with Crippen LogP contribution < -0.4 is 5.32 Å². The van der Waals surface area contributed by atoms with Crippen LogP contribution in [0.5, 0.6) is 0 Å². The van der Waals surface area contributed by atoms with Crippen molar-refractivity contribution in [1.29, 1.82) is 0 Å². The van der Waals surface area contributed by atoms with E-state index in [9.17, 15) is 8.78 Å². The molecule has 1 aromatic rings. The number of benzene rings is 1. The molecule has 0 spiro atoms. The van der Waals surface area contributed by atoms with Crippen molar-refractivity contribution in [3.05, 3.63) is 33.8 Å². The summed E-state index contributed by atoms with van der Waals surface area (Å²) in [6.45, 7) is 7.22. The summed E-state index contributed by atoms with van der Waals surface area (Å²) in [4.78, 5) is 0. The van der Waals surface area contributed by atoms with E-state index >= 15 is 0 Å². The zero-order valence-electron chi connectivity index (χ0n) is 11.8. The van der Waals surface area contributed by atoms with Crippen molar-refractivity contribution in [3.8, 4) is 0 Å². The summed E-state index contributed by atoms with van der Waals surface area (Å²) in [5.41, 5.74) is 0.807. The molecule has 0 heterocycles. The maximum atomic E-state index is 13.7. The highest BCUT2D eigenvalue weighted by Crippen LogP contribution is 2.34. The molecule has 0 aliphatic heterocycles. The summed E-state index contributed by atoms with van der Waals surface area (Å²) in [6, 6.07) is 2.94. The van der Waals surface area contributed by atoms with Crippen LogP contribution in [0.1, 0.15) is 51.6 Å². The predicted molar refractivity (Wildman–Crippen MR) is 79.2 cm³/mol. The summed E-state index contributed by atoms with van der Waals surface area (Å²) in [6.07, 6.45) is 3.02. The molecular weight excluding hydrogens is 312 g/mol. The number of halogens is 3. The third-order valence-electron chi connectivity index (χ3n) is 3.53. The summed E-state index contributed by atoms with van der Waals surface area (Å²) in [5, 5.41) is 3.46. The van der Waals surface area contributed by atoms with Gasteiger partial charge in [-0.15, -0.1) is 0 Å². The maximum Gasteiger partial charge on any atom is 0.173 e. The summed E-state index contributed by atoms with van der Waals surface area (Å²) >= 11 is 3.20. The van der Waals surface area contributed by atoms with Crippen LogP contribution >= 0.6 is 15.9 Å². The van der Waals surface area contributed by atoms with E-state index in [1.807, 2.05) is 0 Å². The van der Waals surface area contributed by atoms with Crippen LogP contribution in [-0.2, 0) is 0 Å². The SMILES string of the molecule is CCCNC(c1ccc(F)c(F)c1Br)C(CC)CC. The van der Waals surface area contributed by atoms with Gasteiger partial charge < -0.3 is 5.32 Å². The van der Waals surface area contributed by atoms with Crippen LogP contribution in [0, 0.1) is 17.6 Å². The molecule has 0 saturated heterocycles. The van der Waals surface area contributed by atoms with E-state index in [-0.39, 0.29) is 10.5 Å². The summed E-state index contributed by atoms with van der Waals surface area (Å²) in [7, 11) is 0. The molecule has 1 N–H and O–H groups in total. The van der Waals surface area contributed by atoms with Gasteiger partial charge in [0.15, 0.2) is 11.6 Å². The average Bonchev–Trinajstić information content (AvgIpc) is 2.42. The second-order valence-corrected chi connectivity index (χ2v) is 5.57. The zero-order valence-corrected chi connectivity index (χ0v) is 13.4. The monoisotopic (exact) mass is 333 g/mol. The first kappa shape index (κ1) is 16.6. The van der Waals surface area contributed by atoms with Gasteiger partial charge in [-0.25, -0.2) is 8.78 Å². The van der Waals surface area contributed by atoms with E-state index in [4.69, 9.17) is 0 Å². The molecule has 1 atom stereocenters. The van der Waals surface area contributed by atoms with Gasteiger partial charge in [0.1, 0.15) is 0 Å². The maximum absolute atomic E-state index is 13.7. The molecule has 0 aliphatic carbocycles. The van der Waals surface area contributed by atoms with Crippen LogP contribution in [-0.4, -0.2) is 6.54 Å². The molecule has 1 unspecified atom stereocenters. The van der Waals surface area contributed by atoms with Gasteiger partial charge in [0.25, 0.3) is 0 Å². The van der Waals surface area contributed by atoms with Crippen LogP contribution in [0.3, 0.4) is 0 Å². The number of hydrogen-bond donors (Lipinski definition) is 1. The van der Waals surface area contributed by atoms with Gasteiger partial charge in [-0.05, 0) is 46.4 Å². The molecule has 19 heavy (non-hydrogen) atoms. The van der Waals surface area contributed by atoms with Gasteiger partial charge >= 0.3 is 0 Å². The van der Waals surface area contributed by atoms with Crippen molar-refractivity contribution >= 4 is 15.9 Å². The Morgan fingerprint density at radius 3 is 2.32 bits per heavy atom. The topological polar surface area (TPSA) is 12.0 Å². The third-order valence-corrected chi connectivity index (χ3v) is 4.34. The van der Waals surface area contributed by atoms with Gasteiger partial charge in [0.2, 0.25) is 0 Å². The summed E-state index contributed by atoms with van der Waals surface area (Å²) < 4.78 is 27.2. The van der Waals surface area contributed by atoms with Crippen LogP contribution in [0.15, 0.2) is 16.6 Å². The molecule has 1 aromatic carbocycles. The van der Waals surface area contributed by atoms with Crippen molar-refractivity contribution < 1.29 is 8.78 Å². The second kappa shape index (κ2) is 7.95. The Morgan fingerprint density at radius 1 is 1.16 bits per heavy atom. The Hall–Kier alpha value is -0.480. The molecule has 1 nitrogen and oxygen atoms in total. The Labute approximate surface area is 122 Å². The van der Waals surface area contributed by atoms with Crippen LogP contribution in [0.2, 0.25) is 0 Å². The van der Waals surface area contributed by atoms with Crippen molar-refractivity contribution in [2.75, 3.05) is 6.54 Å². The lowest BCUT2D eigenvalue weighted by molar-refractivity contribution is 0.338. The highest BCUT2D eigenvalue weighted by atomic mass is 79.9. The Balaban J connectivity index is 3.13. The van der Waals surface area contributed by atoms with Crippen molar-refractivity contribution in [1.82, 2.24) is 5.32 Å². The quantitative estimate of drug-likeness (QED) is 0.676. The molecule has 0 saturated carbocycles. The second-order valence-electron chi connectivity index (χ2n) is 4.77. The third kappa shape index (κ3) is 3.99. The average molecular weight is 334 g/mol. The lowest BCUT2D eigenvalue weighted by Crippen LogP contribution is -2.29. The van der Waals surface area contributed by atoms with Crippen LogP contribution in [0.25, 0.3) is 0 Å². The van der Waals surface area contributed by atoms with Gasteiger partial charge in [-0.1, -0.05) is 39.7 Å². The van der Waals surface area contributed by atoms with E-state index in [0.717, 1.165) is 31.4 Å². The molecule has 0 radical (unpaired) electrons. The van der Waals surface area contributed by atoms with E-state index in [2.05, 4.69) is 42.0 Å². The minimum absolute atomic E-state index is 0.0550. The molecule has 1 rings (SSSR count). The fraction of sp³-hybridized carbons (Fsp3) is 0.600. The van der Waals surface area contributed by atoms with Crippen molar-refractivity contribution in [2.24, 2.45) is 5.92 Å². The molecule has 108 valence electrons. The zero-order chi connectivity index (χ0) is 14.4. The number of nitrogens with one attached hydrogen (secondary N) is 1. The van der Waals surface area contributed by atoms with E-state index in [1.54, 1.807) is 6.07 Å². The fourth-order valence-electron chi connectivity index (χ4n) is 2.37. The molecule has 0 bridgehead atoms. The lowest BCUT2D eigenvalue weighted by Gasteiger charge is -2.28. The lowest BCUT2D eigenvalue weighted by atomic mass is 9.88. The highest BCUT2D eigenvalue weighted by molar-refractivity contribution is 9.10. The fourth-order valence-corrected chi connectivity index (χ4v) is 2.94. The minimum atomic E-state index is -0.811. The first-order chi connectivity index (χ1) is 9.06. The van der Waals surface area contributed by atoms with Gasteiger partial charge in [-0.3, -0.25) is 0 Å². The molecule has 0 amide bonds. The summed E-state index contributed by atoms with van der Waals surface area (Å²) in [5.74, 6) is -1.20. The molecule has 0 fully saturated rings. The van der Waals surface area contributed by atoms with Crippen molar-refractivity contribution in [3.63, 3.8) is 0 Å². The first-order valence-corrected chi connectivity index (χ1v) is 7.72. The predicted octanol–water partition coefficient (Wildman–Crippen LogP) is 5.20.